The van der Waals surface area contributed by atoms with Crippen LogP contribution >= 0.6 is 0 Å². The smallest absolute Gasteiger partial charge is 0.234 e. The van der Waals surface area contributed by atoms with Crippen molar-refractivity contribution in [1.29, 1.82) is 5.26 Å². The lowest BCUT2D eigenvalue weighted by atomic mass is 10.1. The van der Waals surface area contributed by atoms with Crippen LogP contribution in [0.2, 0.25) is 0 Å². The van der Waals surface area contributed by atoms with E-state index in [1.165, 1.54) is 12.1 Å². The number of anilines is 1. The fourth-order valence-electron chi connectivity index (χ4n) is 3.21. The Morgan fingerprint density at radius 3 is 2.73 bits per heavy atom. The van der Waals surface area contributed by atoms with Crippen molar-refractivity contribution in [2.75, 3.05) is 31.1 Å². The molecule has 0 radical (unpaired) electrons. The van der Waals surface area contributed by atoms with Crippen LogP contribution in [0.15, 0.2) is 28.7 Å². The van der Waals surface area contributed by atoms with Crippen LogP contribution in [0.4, 0.5) is 10.3 Å². The van der Waals surface area contributed by atoms with Crippen molar-refractivity contribution in [2.24, 2.45) is 0 Å². The van der Waals surface area contributed by atoms with Gasteiger partial charge in [-0.3, -0.25) is 4.79 Å². The van der Waals surface area contributed by atoms with E-state index in [0.717, 1.165) is 12.8 Å². The Bertz CT molecular complexity index is 861. The third-order valence-electron chi connectivity index (χ3n) is 4.82. The second kappa shape index (κ2) is 6.79. The van der Waals surface area contributed by atoms with Crippen molar-refractivity contribution >= 4 is 11.8 Å². The Hall–Kier alpha value is -2.88. The normalized spacial score (nSPS) is 17.2. The molecule has 1 amide bonds. The SMILES string of the molecule is N#Cc1nc(C2CC2)oc1N1CCN(C(=O)Cc2cccc(F)c2)CC1. The summed E-state index contributed by atoms with van der Waals surface area (Å²) in [5, 5.41) is 9.30. The number of benzene rings is 1. The van der Waals surface area contributed by atoms with Gasteiger partial charge in [0.15, 0.2) is 0 Å². The predicted octanol–water partition coefficient (Wildman–Crippen LogP) is 2.45. The van der Waals surface area contributed by atoms with Crippen LogP contribution in [0, 0.1) is 17.1 Å². The van der Waals surface area contributed by atoms with Crippen LogP contribution in [0.5, 0.6) is 0 Å². The van der Waals surface area contributed by atoms with E-state index in [-0.39, 0.29) is 18.1 Å². The first-order valence-electron chi connectivity index (χ1n) is 8.82. The molecule has 0 atom stereocenters. The average molecular weight is 354 g/mol. The van der Waals surface area contributed by atoms with Crippen molar-refractivity contribution in [3.63, 3.8) is 0 Å². The number of hydrogen-bond donors (Lipinski definition) is 0. The van der Waals surface area contributed by atoms with Gasteiger partial charge in [0.2, 0.25) is 23.4 Å². The van der Waals surface area contributed by atoms with Crippen LogP contribution in [0.1, 0.15) is 35.9 Å². The summed E-state index contributed by atoms with van der Waals surface area (Å²) >= 11 is 0. The zero-order valence-electron chi connectivity index (χ0n) is 14.3. The predicted molar refractivity (Wildman–Crippen MR) is 92.1 cm³/mol. The molecular formula is C19H19FN4O2. The first kappa shape index (κ1) is 16.6. The second-order valence-electron chi connectivity index (χ2n) is 6.77. The van der Waals surface area contributed by atoms with Crippen molar-refractivity contribution < 1.29 is 13.6 Å². The first-order chi connectivity index (χ1) is 12.6. The van der Waals surface area contributed by atoms with Gasteiger partial charge in [-0.2, -0.15) is 5.26 Å². The summed E-state index contributed by atoms with van der Waals surface area (Å²) in [6, 6.07) is 8.23. The van der Waals surface area contributed by atoms with Gasteiger partial charge in [0.1, 0.15) is 11.9 Å². The maximum absolute atomic E-state index is 13.3. The molecule has 2 fully saturated rings. The molecule has 1 saturated carbocycles. The number of amides is 1. The summed E-state index contributed by atoms with van der Waals surface area (Å²) in [4.78, 5) is 20.5. The molecule has 6 nitrogen and oxygen atoms in total. The maximum Gasteiger partial charge on any atom is 0.234 e. The van der Waals surface area contributed by atoms with Crippen LogP contribution in [0.25, 0.3) is 0 Å². The van der Waals surface area contributed by atoms with Crippen LogP contribution in [-0.2, 0) is 11.2 Å². The molecule has 0 N–H and O–H groups in total. The lowest BCUT2D eigenvalue weighted by Gasteiger charge is -2.34. The van der Waals surface area contributed by atoms with Gasteiger partial charge >= 0.3 is 0 Å². The Balaban J connectivity index is 1.38. The van der Waals surface area contributed by atoms with Gasteiger partial charge in [-0.1, -0.05) is 12.1 Å². The number of piperazine rings is 1. The van der Waals surface area contributed by atoms with E-state index < -0.39 is 0 Å². The quantitative estimate of drug-likeness (QED) is 0.843. The van der Waals surface area contributed by atoms with Crippen molar-refractivity contribution in [2.45, 2.75) is 25.2 Å². The molecule has 0 spiro atoms. The van der Waals surface area contributed by atoms with Crippen molar-refractivity contribution in [3.8, 4) is 6.07 Å². The molecule has 7 heteroatoms. The van der Waals surface area contributed by atoms with Gasteiger partial charge in [0.25, 0.3) is 0 Å². The molecule has 0 unspecified atom stereocenters. The highest BCUT2D eigenvalue weighted by Crippen LogP contribution is 2.41. The van der Waals surface area contributed by atoms with E-state index in [2.05, 4.69) is 11.1 Å². The zero-order chi connectivity index (χ0) is 18.1. The molecule has 0 bridgehead atoms. The average Bonchev–Trinajstić information content (AvgIpc) is 3.41. The van der Waals surface area contributed by atoms with Gasteiger partial charge in [0, 0.05) is 32.1 Å². The van der Waals surface area contributed by atoms with E-state index in [1.54, 1.807) is 17.0 Å². The molecule has 4 rings (SSSR count). The highest BCUT2D eigenvalue weighted by molar-refractivity contribution is 5.79. The summed E-state index contributed by atoms with van der Waals surface area (Å²) < 4.78 is 19.1. The Labute approximate surface area is 150 Å². The lowest BCUT2D eigenvalue weighted by Crippen LogP contribution is -2.49. The number of aromatic nitrogens is 1. The standard InChI is InChI=1S/C19H19FN4O2/c20-15-3-1-2-13(10-15)11-17(25)23-6-8-24(9-7-23)19-16(12-21)22-18(26-19)14-4-5-14/h1-3,10,14H,4-9,11H2. The number of carbonyl (C=O) groups is 1. The van der Waals surface area contributed by atoms with Gasteiger partial charge in [-0.05, 0) is 30.5 Å². The highest BCUT2D eigenvalue weighted by atomic mass is 19.1. The maximum atomic E-state index is 13.3. The number of halogens is 1. The first-order valence-corrected chi connectivity index (χ1v) is 8.82. The fourth-order valence-corrected chi connectivity index (χ4v) is 3.21. The number of nitriles is 1. The topological polar surface area (TPSA) is 73.4 Å². The summed E-state index contributed by atoms with van der Waals surface area (Å²) in [6.45, 7) is 2.25. The minimum Gasteiger partial charge on any atom is -0.423 e. The molecule has 26 heavy (non-hydrogen) atoms. The summed E-state index contributed by atoms with van der Waals surface area (Å²) in [5.74, 6) is 1.17. The highest BCUT2D eigenvalue weighted by Gasteiger charge is 2.32. The van der Waals surface area contributed by atoms with Crippen molar-refractivity contribution in [1.82, 2.24) is 9.88 Å². The molecule has 1 aliphatic heterocycles. The van der Waals surface area contributed by atoms with Gasteiger partial charge in [-0.25, -0.2) is 9.37 Å². The molecule has 1 aromatic carbocycles. The minimum absolute atomic E-state index is 0.0213. The Kier molecular flexibility index (Phi) is 4.33. The van der Waals surface area contributed by atoms with E-state index in [0.29, 0.717) is 55.1 Å². The summed E-state index contributed by atoms with van der Waals surface area (Å²) in [6.07, 6.45) is 2.32. The molecule has 1 aliphatic carbocycles. The number of hydrogen-bond acceptors (Lipinski definition) is 5. The van der Waals surface area contributed by atoms with Gasteiger partial charge in [-0.15, -0.1) is 0 Å². The lowest BCUT2D eigenvalue weighted by molar-refractivity contribution is -0.130. The zero-order valence-corrected chi connectivity index (χ0v) is 14.3. The van der Waals surface area contributed by atoms with Crippen molar-refractivity contribution in [3.05, 3.63) is 47.2 Å². The number of rotatable bonds is 4. The number of nitrogens with zero attached hydrogens (tertiary/aromatic N) is 4. The van der Waals surface area contributed by atoms with Gasteiger partial charge < -0.3 is 14.2 Å². The molecular weight excluding hydrogens is 335 g/mol. The third kappa shape index (κ3) is 3.40. The molecule has 2 heterocycles. The van der Waals surface area contributed by atoms with E-state index in [1.807, 2.05) is 4.90 Å². The number of oxazole rings is 1. The summed E-state index contributed by atoms with van der Waals surface area (Å²) in [7, 11) is 0. The number of carbonyl (C=O) groups excluding carboxylic acids is 1. The molecule has 134 valence electrons. The summed E-state index contributed by atoms with van der Waals surface area (Å²) in [5.41, 5.74) is 1.000. The molecule has 1 saturated heterocycles. The third-order valence-corrected chi connectivity index (χ3v) is 4.82. The molecule has 2 aliphatic rings. The minimum atomic E-state index is -0.332. The Morgan fingerprint density at radius 2 is 2.08 bits per heavy atom. The van der Waals surface area contributed by atoms with E-state index in [9.17, 15) is 14.4 Å². The second-order valence-corrected chi connectivity index (χ2v) is 6.77. The Morgan fingerprint density at radius 1 is 1.31 bits per heavy atom. The van der Waals surface area contributed by atoms with Crippen LogP contribution < -0.4 is 4.90 Å². The molecule has 2 aromatic rings. The van der Waals surface area contributed by atoms with Crippen LogP contribution in [-0.4, -0.2) is 42.0 Å². The fraction of sp³-hybridized carbons (Fsp3) is 0.421. The van der Waals surface area contributed by atoms with Gasteiger partial charge in [0.05, 0.1) is 6.42 Å². The largest absolute Gasteiger partial charge is 0.423 e. The van der Waals surface area contributed by atoms with Crippen LogP contribution in [0.3, 0.4) is 0 Å². The molecule has 1 aromatic heterocycles. The van der Waals surface area contributed by atoms with E-state index in [4.69, 9.17) is 4.42 Å². The monoisotopic (exact) mass is 354 g/mol. The van der Waals surface area contributed by atoms with E-state index >= 15 is 0 Å².